The predicted molar refractivity (Wildman–Crippen MR) is 110 cm³/mol. The van der Waals surface area contributed by atoms with Gasteiger partial charge in [-0.25, -0.2) is 5.43 Å². The number of methoxy groups -OCH3 is 1. The van der Waals surface area contributed by atoms with Crippen LogP contribution in [0.25, 0.3) is 0 Å². The summed E-state index contributed by atoms with van der Waals surface area (Å²) in [6.07, 6.45) is 2.64. The van der Waals surface area contributed by atoms with Crippen molar-refractivity contribution in [3.8, 4) is 5.75 Å². The van der Waals surface area contributed by atoms with Gasteiger partial charge in [-0.05, 0) is 47.5 Å². The molecule has 0 bridgehead atoms. The molecule has 0 aliphatic heterocycles. The second-order valence-corrected chi connectivity index (χ2v) is 6.83. The normalized spacial score (nSPS) is 10.8. The maximum absolute atomic E-state index is 12.3. The Hall–Kier alpha value is -3.53. The molecule has 0 aliphatic rings. The Morgan fingerprint density at radius 1 is 1.28 bits per heavy atom. The highest BCUT2D eigenvalue weighted by molar-refractivity contribution is 9.10. The van der Waals surface area contributed by atoms with E-state index in [1.807, 2.05) is 24.3 Å². The van der Waals surface area contributed by atoms with Gasteiger partial charge in [0.1, 0.15) is 11.9 Å². The van der Waals surface area contributed by atoms with E-state index in [1.165, 1.54) is 17.1 Å². The van der Waals surface area contributed by atoms with Crippen molar-refractivity contribution in [3.05, 3.63) is 86.1 Å². The number of hydrogen-bond acceptors (Lipinski definition) is 6. The largest absolute Gasteiger partial charge is 0.497 e. The van der Waals surface area contributed by atoms with Gasteiger partial charge in [0.15, 0.2) is 0 Å². The van der Waals surface area contributed by atoms with E-state index >= 15 is 0 Å². The molecule has 0 atom stereocenters. The fourth-order valence-corrected chi connectivity index (χ4v) is 2.74. The molecule has 148 valence electrons. The Kier molecular flexibility index (Phi) is 6.35. The summed E-state index contributed by atoms with van der Waals surface area (Å²) in [7, 11) is 1.56. The highest BCUT2D eigenvalue weighted by Crippen LogP contribution is 2.18. The quantitative estimate of drug-likeness (QED) is 0.332. The molecule has 2 aromatic carbocycles. The van der Waals surface area contributed by atoms with Gasteiger partial charge < -0.3 is 4.74 Å². The van der Waals surface area contributed by atoms with Gasteiger partial charge >= 0.3 is 5.69 Å². The summed E-state index contributed by atoms with van der Waals surface area (Å²) in [6.45, 7) is 0.288. The summed E-state index contributed by atoms with van der Waals surface area (Å²) in [6, 6.07) is 14.4. The number of benzene rings is 2. The molecule has 1 amide bonds. The minimum Gasteiger partial charge on any atom is -0.497 e. The van der Waals surface area contributed by atoms with Crippen LogP contribution in [0.3, 0.4) is 0 Å². The highest BCUT2D eigenvalue weighted by atomic mass is 79.9. The van der Waals surface area contributed by atoms with Crippen LogP contribution in [0.5, 0.6) is 5.75 Å². The minimum absolute atomic E-state index is 0.288. The van der Waals surface area contributed by atoms with E-state index in [4.69, 9.17) is 4.74 Å². The zero-order valence-corrected chi connectivity index (χ0v) is 16.9. The number of rotatable bonds is 7. The maximum atomic E-state index is 12.3. The van der Waals surface area contributed by atoms with Gasteiger partial charge in [0.05, 0.1) is 24.8 Å². The van der Waals surface area contributed by atoms with E-state index in [0.29, 0.717) is 5.75 Å². The van der Waals surface area contributed by atoms with E-state index in [2.05, 4.69) is 31.6 Å². The van der Waals surface area contributed by atoms with Crippen molar-refractivity contribution in [2.75, 3.05) is 7.11 Å². The minimum atomic E-state index is -0.768. The molecule has 0 saturated carbocycles. The van der Waals surface area contributed by atoms with Crippen LogP contribution in [0.15, 0.2) is 64.3 Å². The first-order valence-electron chi connectivity index (χ1n) is 8.40. The van der Waals surface area contributed by atoms with E-state index in [-0.39, 0.29) is 17.9 Å². The van der Waals surface area contributed by atoms with Crippen molar-refractivity contribution in [3.63, 3.8) is 0 Å². The molecule has 0 spiro atoms. The number of nitrogens with one attached hydrogen (secondary N) is 1. The molecule has 3 rings (SSSR count). The maximum Gasteiger partial charge on any atom is 0.320 e. The monoisotopic (exact) mass is 457 g/mol. The summed E-state index contributed by atoms with van der Waals surface area (Å²) in [5, 5.41) is 19.2. The lowest BCUT2D eigenvalue weighted by Crippen LogP contribution is -2.19. The van der Waals surface area contributed by atoms with Gasteiger partial charge in [-0.1, -0.05) is 28.1 Å². The highest BCUT2D eigenvalue weighted by Gasteiger charge is 2.25. The van der Waals surface area contributed by atoms with Crippen molar-refractivity contribution in [2.45, 2.75) is 6.54 Å². The molecule has 0 aliphatic carbocycles. The SMILES string of the molecule is COc1ccc(C=NNC(=O)c2nn(Cc3ccc(Br)cc3)cc2[N+](=O)[O-])cc1. The van der Waals surface area contributed by atoms with Crippen molar-refractivity contribution in [1.29, 1.82) is 0 Å². The van der Waals surface area contributed by atoms with Crippen LogP contribution in [0.4, 0.5) is 5.69 Å². The molecule has 0 radical (unpaired) electrons. The molecule has 3 aromatic rings. The average Bonchev–Trinajstić information content (AvgIpc) is 3.14. The second kappa shape index (κ2) is 9.11. The number of ether oxygens (including phenoxy) is 1. The lowest BCUT2D eigenvalue weighted by Gasteiger charge is -2.01. The standard InChI is InChI=1S/C19H16BrN5O4/c1-29-16-8-4-13(5-9-16)10-21-22-19(26)18-17(25(27)28)12-24(23-18)11-14-2-6-15(20)7-3-14/h2-10,12H,11H2,1H3,(H,22,26). The Balaban J connectivity index is 1.72. The fourth-order valence-electron chi connectivity index (χ4n) is 2.47. The Morgan fingerprint density at radius 3 is 2.59 bits per heavy atom. The van der Waals surface area contributed by atoms with Gasteiger partial charge in [-0.2, -0.15) is 10.2 Å². The van der Waals surface area contributed by atoms with Crippen LogP contribution in [0.2, 0.25) is 0 Å². The van der Waals surface area contributed by atoms with E-state index in [9.17, 15) is 14.9 Å². The van der Waals surface area contributed by atoms with Crippen molar-refractivity contribution >= 4 is 33.7 Å². The summed E-state index contributed by atoms with van der Waals surface area (Å²) >= 11 is 3.35. The first-order chi connectivity index (χ1) is 14.0. The summed E-state index contributed by atoms with van der Waals surface area (Å²) < 4.78 is 7.33. The predicted octanol–water partition coefficient (Wildman–Crippen LogP) is 3.37. The fraction of sp³-hybridized carbons (Fsp3) is 0.105. The molecular weight excluding hydrogens is 442 g/mol. The molecule has 0 unspecified atom stereocenters. The van der Waals surface area contributed by atoms with Crippen molar-refractivity contribution in [2.24, 2.45) is 5.10 Å². The third-order valence-corrected chi connectivity index (χ3v) is 4.44. The topological polar surface area (TPSA) is 112 Å². The van der Waals surface area contributed by atoms with Crippen LogP contribution in [0, 0.1) is 10.1 Å². The third-order valence-electron chi connectivity index (χ3n) is 3.91. The molecule has 9 nitrogen and oxygen atoms in total. The summed E-state index contributed by atoms with van der Waals surface area (Å²) in [5.41, 5.74) is 3.18. The molecule has 0 saturated heterocycles. The van der Waals surface area contributed by atoms with Crippen molar-refractivity contribution < 1.29 is 14.5 Å². The number of nitrogens with zero attached hydrogens (tertiary/aromatic N) is 4. The van der Waals surface area contributed by atoms with Gasteiger partial charge in [0, 0.05) is 4.47 Å². The Bertz CT molecular complexity index is 1050. The van der Waals surface area contributed by atoms with E-state index in [0.717, 1.165) is 15.6 Å². The Labute approximate surface area is 174 Å². The van der Waals surface area contributed by atoms with Crippen LogP contribution in [-0.2, 0) is 6.54 Å². The van der Waals surface area contributed by atoms with Crippen LogP contribution < -0.4 is 10.2 Å². The van der Waals surface area contributed by atoms with E-state index in [1.54, 1.807) is 31.4 Å². The molecule has 10 heteroatoms. The van der Waals surface area contributed by atoms with Crippen LogP contribution in [-0.4, -0.2) is 33.9 Å². The van der Waals surface area contributed by atoms with Gasteiger partial charge in [0.25, 0.3) is 5.91 Å². The number of carbonyl (C=O) groups is 1. The number of aromatic nitrogens is 2. The van der Waals surface area contributed by atoms with Crippen molar-refractivity contribution in [1.82, 2.24) is 15.2 Å². The molecule has 1 heterocycles. The molecule has 0 fully saturated rings. The third kappa shape index (κ3) is 5.26. The zero-order valence-electron chi connectivity index (χ0n) is 15.3. The second-order valence-electron chi connectivity index (χ2n) is 5.92. The molecular formula is C19H16BrN5O4. The smallest absolute Gasteiger partial charge is 0.320 e. The number of halogens is 1. The lowest BCUT2D eigenvalue weighted by atomic mass is 10.2. The van der Waals surface area contributed by atoms with Gasteiger partial charge in [-0.3, -0.25) is 19.6 Å². The summed E-state index contributed by atoms with van der Waals surface area (Å²) in [5.74, 6) is -0.0749. The molecule has 29 heavy (non-hydrogen) atoms. The van der Waals surface area contributed by atoms with Gasteiger partial charge in [-0.15, -0.1) is 0 Å². The molecule has 1 aromatic heterocycles. The van der Waals surface area contributed by atoms with Gasteiger partial charge in [0.2, 0.25) is 5.69 Å². The zero-order chi connectivity index (χ0) is 20.8. The first kappa shape index (κ1) is 20.2. The molecule has 1 N–H and O–H groups in total. The first-order valence-corrected chi connectivity index (χ1v) is 9.19. The lowest BCUT2D eigenvalue weighted by molar-refractivity contribution is -0.385. The Morgan fingerprint density at radius 2 is 1.97 bits per heavy atom. The average molecular weight is 458 g/mol. The number of amides is 1. The summed E-state index contributed by atoms with van der Waals surface area (Å²) in [4.78, 5) is 23.0. The number of nitro groups is 1. The number of carbonyl (C=O) groups excluding carboxylic acids is 1. The van der Waals surface area contributed by atoms with Crippen LogP contribution in [0.1, 0.15) is 21.6 Å². The number of hydrazone groups is 1. The van der Waals surface area contributed by atoms with E-state index < -0.39 is 10.8 Å². The van der Waals surface area contributed by atoms with Crippen LogP contribution >= 0.6 is 15.9 Å². The number of hydrogen-bond donors (Lipinski definition) is 1.